The van der Waals surface area contributed by atoms with Crippen molar-refractivity contribution in [2.24, 2.45) is 10.8 Å². The Morgan fingerprint density at radius 2 is 1.50 bits per heavy atom. The first kappa shape index (κ1) is 12.0. The highest BCUT2D eigenvalue weighted by Gasteiger charge is 2.45. The molecule has 0 unspecified atom stereocenters. The summed E-state index contributed by atoms with van der Waals surface area (Å²) in [4.78, 5) is 0. The second kappa shape index (κ2) is 3.52. The van der Waals surface area contributed by atoms with Crippen LogP contribution in [0.1, 0.15) is 66.7 Å². The summed E-state index contributed by atoms with van der Waals surface area (Å²) in [7, 11) is 0. The van der Waals surface area contributed by atoms with Crippen LogP contribution in [0.5, 0.6) is 0 Å². The lowest BCUT2D eigenvalue weighted by molar-refractivity contribution is -0.0606. The Labute approximate surface area is 88.9 Å². The van der Waals surface area contributed by atoms with Gasteiger partial charge in [0, 0.05) is 0 Å². The van der Waals surface area contributed by atoms with Crippen molar-refractivity contribution in [3.05, 3.63) is 0 Å². The normalized spacial score (nSPS) is 39.9. The van der Waals surface area contributed by atoms with E-state index in [0.29, 0.717) is 10.8 Å². The minimum Gasteiger partial charge on any atom is -0.390 e. The fourth-order valence-corrected chi connectivity index (χ4v) is 2.90. The summed E-state index contributed by atoms with van der Waals surface area (Å²) in [6.45, 7) is 11.3. The Morgan fingerprint density at radius 3 is 1.79 bits per heavy atom. The molecule has 0 aromatic rings. The van der Waals surface area contributed by atoms with Gasteiger partial charge in [-0.3, -0.25) is 0 Å². The van der Waals surface area contributed by atoms with Gasteiger partial charge in [0.15, 0.2) is 0 Å². The SMILES string of the molecule is CCC1(C(C)(C)C)CCC(C)(O)CC1. The maximum atomic E-state index is 9.97. The third-order valence-corrected chi connectivity index (χ3v) is 4.55. The molecule has 0 amide bonds. The molecule has 1 N–H and O–H groups in total. The molecule has 0 aromatic carbocycles. The van der Waals surface area contributed by atoms with Gasteiger partial charge < -0.3 is 5.11 Å². The van der Waals surface area contributed by atoms with Gasteiger partial charge in [0.1, 0.15) is 0 Å². The van der Waals surface area contributed by atoms with E-state index >= 15 is 0 Å². The summed E-state index contributed by atoms with van der Waals surface area (Å²) in [6, 6.07) is 0. The molecule has 1 aliphatic carbocycles. The van der Waals surface area contributed by atoms with E-state index in [1.165, 1.54) is 19.3 Å². The first-order valence-corrected chi connectivity index (χ1v) is 5.95. The van der Waals surface area contributed by atoms with Crippen molar-refractivity contribution in [2.45, 2.75) is 72.3 Å². The van der Waals surface area contributed by atoms with Crippen LogP contribution in [-0.4, -0.2) is 10.7 Å². The van der Waals surface area contributed by atoms with Crippen LogP contribution in [0.15, 0.2) is 0 Å². The lowest BCUT2D eigenvalue weighted by Crippen LogP contribution is -2.43. The van der Waals surface area contributed by atoms with Gasteiger partial charge in [-0.25, -0.2) is 0 Å². The highest BCUT2D eigenvalue weighted by atomic mass is 16.3. The number of hydrogen-bond donors (Lipinski definition) is 1. The molecule has 84 valence electrons. The van der Waals surface area contributed by atoms with Crippen LogP contribution in [0.4, 0.5) is 0 Å². The van der Waals surface area contributed by atoms with E-state index < -0.39 is 5.60 Å². The van der Waals surface area contributed by atoms with Gasteiger partial charge >= 0.3 is 0 Å². The quantitative estimate of drug-likeness (QED) is 0.680. The molecule has 0 atom stereocenters. The van der Waals surface area contributed by atoms with E-state index in [-0.39, 0.29) is 0 Å². The van der Waals surface area contributed by atoms with Crippen LogP contribution in [0, 0.1) is 10.8 Å². The van der Waals surface area contributed by atoms with Crippen molar-refractivity contribution < 1.29 is 5.11 Å². The Morgan fingerprint density at radius 1 is 1.07 bits per heavy atom. The third-order valence-electron chi connectivity index (χ3n) is 4.55. The van der Waals surface area contributed by atoms with Gasteiger partial charge in [-0.15, -0.1) is 0 Å². The molecular weight excluding hydrogens is 172 g/mol. The molecule has 1 saturated carbocycles. The first-order valence-electron chi connectivity index (χ1n) is 5.95. The second-order valence-corrected chi connectivity index (χ2v) is 6.38. The Kier molecular flexibility index (Phi) is 3.02. The maximum absolute atomic E-state index is 9.97. The molecule has 1 nitrogen and oxygen atoms in total. The number of rotatable bonds is 1. The van der Waals surface area contributed by atoms with Crippen molar-refractivity contribution in [2.75, 3.05) is 0 Å². The van der Waals surface area contributed by atoms with Gasteiger partial charge in [0.25, 0.3) is 0 Å². The molecule has 0 aliphatic heterocycles. The zero-order valence-corrected chi connectivity index (χ0v) is 10.5. The Hall–Kier alpha value is -0.0400. The van der Waals surface area contributed by atoms with E-state index in [0.717, 1.165) is 12.8 Å². The molecule has 0 radical (unpaired) electrons. The summed E-state index contributed by atoms with van der Waals surface area (Å²) in [6.07, 6.45) is 5.54. The van der Waals surface area contributed by atoms with Crippen LogP contribution in [0.3, 0.4) is 0 Å². The van der Waals surface area contributed by atoms with E-state index in [1.807, 2.05) is 6.92 Å². The molecule has 1 heteroatoms. The van der Waals surface area contributed by atoms with Crippen LogP contribution in [0.25, 0.3) is 0 Å². The summed E-state index contributed by atoms with van der Waals surface area (Å²) in [5.41, 5.74) is 0.428. The highest BCUT2D eigenvalue weighted by Crippen LogP contribution is 2.53. The van der Waals surface area contributed by atoms with Crippen molar-refractivity contribution in [3.63, 3.8) is 0 Å². The second-order valence-electron chi connectivity index (χ2n) is 6.38. The smallest absolute Gasteiger partial charge is 0.0620 e. The average Bonchev–Trinajstić information content (AvgIpc) is 2.03. The summed E-state index contributed by atoms with van der Waals surface area (Å²) < 4.78 is 0. The average molecular weight is 198 g/mol. The molecule has 14 heavy (non-hydrogen) atoms. The molecule has 0 aromatic heterocycles. The van der Waals surface area contributed by atoms with Crippen molar-refractivity contribution in [1.29, 1.82) is 0 Å². The van der Waals surface area contributed by atoms with Crippen molar-refractivity contribution in [1.82, 2.24) is 0 Å². The topological polar surface area (TPSA) is 20.2 Å². The number of aliphatic hydroxyl groups is 1. The van der Waals surface area contributed by atoms with E-state index in [1.54, 1.807) is 0 Å². The van der Waals surface area contributed by atoms with Crippen LogP contribution in [0.2, 0.25) is 0 Å². The van der Waals surface area contributed by atoms with Crippen molar-refractivity contribution >= 4 is 0 Å². The van der Waals surface area contributed by atoms with Gasteiger partial charge in [-0.05, 0) is 49.9 Å². The number of hydrogen-bond acceptors (Lipinski definition) is 1. The molecule has 0 saturated heterocycles. The highest BCUT2D eigenvalue weighted by molar-refractivity contribution is 4.96. The van der Waals surface area contributed by atoms with E-state index in [9.17, 15) is 5.11 Å². The fraction of sp³-hybridized carbons (Fsp3) is 1.00. The molecule has 1 rings (SSSR count). The van der Waals surface area contributed by atoms with Gasteiger partial charge in [0.05, 0.1) is 5.60 Å². The molecular formula is C13H26O. The van der Waals surface area contributed by atoms with Gasteiger partial charge in [-0.2, -0.15) is 0 Å². The zero-order valence-electron chi connectivity index (χ0n) is 10.5. The van der Waals surface area contributed by atoms with Crippen LogP contribution >= 0.6 is 0 Å². The van der Waals surface area contributed by atoms with Crippen molar-refractivity contribution in [3.8, 4) is 0 Å². The van der Waals surface area contributed by atoms with E-state index in [2.05, 4.69) is 27.7 Å². The van der Waals surface area contributed by atoms with Crippen LogP contribution < -0.4 is 0 Å². The summed E-state index contributed by atoms with van der Waals surface area (Å²) in [5.74, 6) is 0. The van der Waals surface area contributed by atoms with Crippen LogP contribution in [-0.2, 0) is 0 Å². The molecule has 1 fully saturated rings. The van der Waals surface area contributed by atoms with E-state index in [4.69, 9.17) is 0 Å². The zero-order chi connectivity index (χ0) is 11.0. The molecule has 0 bridgehead atoms. The predicted octanol–water partition coefficient (Wildman–Crippen LogP) is 3.75. The minimum absolute atomic E-state index is 0.373. The fourth-order valence-electron chi connectivity index (χ4n) is 2.90. The molecule has 0 heterocycles. The Balaban J connectivity index is 2.77. The lowest BCUT2D eigenvalue weighted by Gasteiger charge is -2.50. The van der Waals surface area contributed by atoms with Gasteiger partial charge in [0.2, 0.25) is 0 Å². The predicted molar refractivity (Wildman–Crippen MR) is 61.3 cm³/mol. The molecule has 0 spiro atoms. The monoisotopic (exact) mass is 198 g/mol. The Bertz CT molecular complexity index is 188. The standard InChI is InChI=1S/C13H26O/c1-6-13(11(2,3)4)9-7-12(5,14)8-10-13/h14H,6-10H2,1-5H3. The summed E-state index contributed by atoms with van der Waals surface area (Å²) >= 11 is 0. The first-order chi connectivity index (χ1) is 6.22. The van der Waals surface area contributed by atoms with Gasteiger partial charge in [-0.1, -0.05) is 27.7 Å². The third kappa shape index (κ3) is 2.13. The minimum atomic E-state index is -0.399. The lowest BCUT2D eigenvalue weighted by atomic mass is 9.56. The molecule has 1 aliphatic rings. The summed E-state index contributed by atoms with van der Waals surface area (Å²) in [5, 5.41) is 9.97. The maximum Gasteiger partial charge on any atom is 0.0620 e. The largest absolute Gasteiger partial charge is 0.390 e.